The number of aromatic nitrogens is 2. The van der Waals surface area contributed by atoms with Crippen LogP contribution in [0.3, 0.4) is 0 Å². The molecule has 4 N–H and O–H groups in total. The zero-order valence-corrected chi connectivity index (χ0v) is 17.0. The van der Waals surface area contributed by atoms with Crippen molar-refractivity contribution in [1.82, 2.24) is 20.2 Å². The number of nitrogens with one attached hydrogen (secondary N) is 3. The molecule has 8 heteroatoms. The van der Waals surface area contributed by atoms with Crippen molar-refractivity contribution >= 4 is 11.8 Å². The van der Waals surface area contributed by atoms with Gasteiger partial charge in [0.05, 0.1) is 12.6 Å². The standard InChI is InChI=1S/C20H32N4O4/c1-12-17(23-19(28)21-12)18(27)24-10-14(9-15(24)11-25)22-16(26)8-13-4-6-20(2,3)7-5-13/h13-15,25H,4-11H2,1-3H3,(H,22,26)(H2,21,23,28)/t14-,15-/m0/s1. The van der Waals surface area contributed by atoms with E-state index < -0.39 is 5.69 Å². The van der Waals surface area contributed by atoms with E-state index in [1.807, 2.05) is 0 Å². The van der Waals surface area contributed by atoms with Crippen molar-refractivity contribution in [3.05, 3.63) is 21.9 Å². The highest BCUT2D eigenvalue weighted by Crippen LogP contribution is 2.39. The van der Waals surface area contributed by atoms with Crippen LogP contribution in [0, 0.1) is 18.3 Å². The predicted octanol–water partition coefficient (Wildman–Crippen LogP) is 1.31. The molecule has 3 rings (SSSR count). The Hall–Kier alpha value is -2.09. The first kappa shape index (κ1) is 20.6. The summed E-state index contributed by atoms with van der Waals surface area (Å²) in [4.78, 5) is 43.3. The summed E-state index contributed by atoms with van der Waals surface area (Å²) in [5.74, 6) is 0.112. The Morgan fingerprint density at radius 1 is 1.25 bits per heavy atom. The first-order valence-corrected chi connectivity index (χ1v) is 10.2. The number of aliphatic hydroxyl groups excluding tert-OH is 1. The molecule has 2 amide bonds. The normalized spacial score (nSPS) is 25.1. The molecule has 2 atom stereocenters. The molecule has 1 aromatic heterocycles. The van der Waals surface area contributed by atoms with Gasteiger partial charge in [0.1, 0.15) is 5.69 Å². The second-order valence-electron chi connectivity index (χ2n) is 9.18. The number of nitrogens with zero attached hydrogens (tertiary/aromatic N) is 1. The molecule has 28 heavy (non-hydrogen) atoms. The molecule has 1 saturated carbocycles. The molecule has 0 bridgehead atoms. The maximum Gasteiger partial charge on any atom is 0.323 e. The van der Waals surface area contributed by atoms with E-state index in [-0.39, 0.29) is 36.2 Å². The van der Waals surface area contributed by atoms with Crippen LogP contribution in [0.25, 0.3) is 0 Å². The van der Waals surface area contributed by atoms with Gasteiger partial charge in [-0.3, -0.25) is 9.59 Å². The second kappa shape index (κ2) is 8.11. The van der Waals surface area contributed by atoms with Gasteiger partial charge in [-0.2, -0.15) is 0 Å². The summed E-state index contributed by atoms with van der Waals surface area (Å²) < 4.78 is 0. The van der Waals surface area contributed by atoms with Crippen LogP contribution in [0.5, 0.6) is 0 Å². The summed E-state index contributed by atoms with van der Waals surface area (Å²) in [5, 5.41) is 12.7. The zero-order chi connectivity index (χ0) is 20.5. The van der Waals surface area contributed by atoms with E-state index in [4.69, 9.17) is 0 Å². The summed E-state index contributed by atoms with van der Waals surface area (Å²) in [6.07, 6.45) is 5.49. The fourth-order valence-electron chi connectivity index (χ4n) is 4.48. The number of likely N-dealkylation sites (tertiary alicyclic amines) is 1. The number of aromatic amines is 2. The van der Waals surface area contributed by atoms with Crippen molar-refractivity contribution in [2.45, 2.75) is 71.4 Å². The van der Waals surface area contributed by atoms with Gasteiger partial charge in [-0.15, -0.1) is 0 Å². The van der Waals surface area contributed by atoms with Crippen LogP contribution >= 0.6 is 0 Å². The van der Waals surface area contributed by atoms with Crippen LogP contribution in [-0.2, 0) is 4.79 Å². The molecule has 1 saturated heterocycles. The Balaban J connectivity index is 1.56. The lowest BCUT2D eigenvalue weighted by Gasteiger charge is -2.34. The lowest BCUT2D eigenvalue weighted by Crippen LogP contribution is -2.41. The molecule has 8 nitrogen and oxygen atoms in total. The van der Waals surface area contributed by atoms with Gasteiger partial charge in [0.2, 0.25) is 5.91 Å². The van der Waals surface area contributed by atoms with E-state index in [1.165, 1.54) is 0 Å². The fourth-order valence-corrected chi connectivity index (χ4v) is 4.48. The van der Waals surface area contributed by atoms with Crippen molar-refractivity contribution in [1.29, 1.82) is 0 Å². The van der Waals surface area contributed by atoms with Crippen LogP contribution < -0.4 is 11.0 Å². The van der Waals surface area contributed by atoms with Crippen LogP contribution in [0.4, 0.5) is 0 Å². The van der Waals surface area contributed by atoms with Crippen LogP contribution in [-0.4, -0.2) is 57.0 Å². The van der Waals surface area contributed by atoms with Crippen molar-refractivity contribution in [2.24, 2.45) is 11.3 Å². The molecule has 156 valence electrons. The van der Waals surface area contributed by atoms with Gasteiger partial charge in [0.15, 0.2) is 0 Å². The van der Waals surface area contributed by atoms with Gasteiger partial charge in [-0.05, 0) is 50.4 Å². The van der Waals surface area contributed by atoms with E-state index in [2.05, 4.69) is 29.1 Å². The summed E-state index contributed by atoms with van der Waals surface area (Å²) in [5.41, 5.74) is 0.631. The number of hydrogen-bond acceptors (Lipinski definition) is 4. The Morgan fingerprint density at radius 2 is 1.93 bits per heavy atom. The maximum atomic E-state index is 12.8. The highest BCUT2D eigenvalue weighted by molar-refractivity contribution is 5.94. The molecule has 0 radical (unpaired) electrons. The minimum Gasteiger partial charge on any atom is -0.394 e. The number of rotatable bonds is 5. The smallest absolute Gasteiger partial charge is 0.323 e. The monoisotopic (exact) mass is 392 g/mol. The van der Waals surface area contributed by atoms with Crippen LogP contribution in [0.15, 0.2) is 4.79 Å². The average molecular weight is 393 g/mol. The third-order valence-electron chi connectivity index (χ3n) is 6.31. The number of H-pyrrole nitrogens is 2. The van der Waals surface area contributed by atoms with Crippen LogP contribution in [0.2, 0.25) is 0 Å². The number of hydrogen-bond donors (Lipinski definition) is 4. The summed E-state index contributed by atoms with van der Waals surface area (Å²) >= 11 is 0. The van der Waals surface area contributed by atoms with Crippen LogP contribution in [0.1, 0.15) is 68.6 Å². The Bertz CT molecular complexity index is 771. The summed E-state index contributed by atoms with van der Waals surface area (Å²) in [6, 6.07) is -0.550. The quantitative estimate of drug-likeness (QED) is 0.604. The van der Waals surface area contributed by atoms with Gasteiger partial charge in [-0.1, -0.05) is 13.8 Å². The molecule has 2 heterocycles. The van der Waals surface area contributed by atoms with E-state index in [0.717, 1.165) is 25.7 Å². The first-order chi connectivity index (χ1) is 13.2. The van der Waals surface area contributed by atoms with E-state index in [1.54, 1.807) is 11.8 Å². The number of amides is 2. The Kier molecular flexibility index (Phi) is 5.98. The number of carbonyl (C=O) groups is 2. The van der Waals surface area contributed by atoms with Gasteiger partial charge in [0.25, 0.3) is 5.91 Å². The highest BCUT2D eigenvalue weighted by atomic mass is 16.3. The zero-order valence-electron chi connectivity index (χ0n) is 17.0. The minimum atomic E-state index is -0.430. The van der Waals surface area contributed by atoms with E-state index in [0.29, 0.717) is 36.4 Å². The summed E-state index contributed by atoms with van der Waals surface area (Å²) in [6.45, 7) is 6.37. The number of aliphatic hydroxyl groups is 1. The third-order valence-corrected chi connectivity index (χ3v) is 6.31. The molecular formula is C20H32N4O4. The molecule has 0 spiro atoms. The lowest BCUT2D eigenvalue weighted by molar-refractivity contribution is -0.123. The van der Waals surface area contributed by atoms with E-state index in [9.17, 15) is 19.5 Å². The molecule has 2 aliphatic rings. The topological polar surface area (TPSA) is 118 Å². The predicted molar refractivity (Wildman–Crippen MR) is 105 cm³/mol. The van der Waals surface area contributed by atoms with Gasteiger partial charge in [-0.25, -0.2) is 4.79 Å². The van der Waals surface area contributed by atoms with Crippen molar-refractivity contribution in [2.75, 3.05) is 13.2 Å². The maximum absolute atomic E-state index is 12.8. The summed E-state index contributed by atoms with van der Waals surface area (Å²) in [7, 11) is 0. The number of aryl methyl sites for hydroxylation is 1. The molecule has 1 aromatic rings. The molecule has 1 aliphatic heterocycles. The first-order valence-electron chi connectivity index (χ1n) is 10.2. The average Bonchev–Trinajstić information content (AvgIpc) is 3.18. The third kappa shape index (κ3) is 4.66. The lowest BCUT2D eigenvalue weighted by atomic mass is 9.72. The highest BCUT2D eigenvalue weighted by Gasteiger charge is 2.37. The second-order valence-corrected chi connectivity index (χ2v) is 9.18. The number of imidazole rings is 1. The largest absolute Gasteiger partial charge is 0.394 e. The Morgan fingerprint density at radius 3 is 2.50 bits per heavy atom. The van der Waals surface area contributed by atoms with Crippen molar-refractivity contribution in [3.8, 4) is 0 Å². The molecule has 0 unspecified atom stereocenters. The molecule has 2 fully saturated rings. The van der Waals surface area contributed by atoms with Gasteiger partial charge >= 0.3 is 5.69 Å². The molecule has 1 aliphatic carbocycles. The number of carbonyl (C=O) groups excluding carboxylic acids is 2. The van der Waals surface area contributed by atoms with Gasteiger partial charge in [0, 0.05) is 24.7 Å². The minimum absolute atomic E-state index is 0.0203. The van der Waals surface area contributed by atoms with Gasteiger partial charge < -0.3 is 25.3 Å². The van der Waals surface area contributed by atoms with Crippen molar-refractivity contribution < 1.29 is 14.7 Å². The van der Waals surface area contributed by atoms with Crippen molar-refractivity contribution in [3.63, 3.8) is 0 Å². The molecule has 0 aromatic carbocycles. The Labute approximate surface area is 165 Å². The molecular weight excluding hydrogens is 360 g/mol. The fraction of sp³-hybridized carbons (Fsp3) is 0.750. The SMILES string of the molecule is Cc1[nH]c(=O)[nH]c1C(=O)N1C[C@@H](NC(=O)CC2CCC(C)(C)CC2)C[C@H]1CO. The van der Waals surface area contributed by atoms with E-state index >= 15 is 0 Å².